The first kappa shape index (κ1) is 22.5. The van der Waals surface area contributed by atoms with E-state index >= 15 is 0 Å². The number of fused-ring (bicyclic) bond motifs is 1. The van der Waals surface area contributed by atoms with Crippen molar-refractivity contribution < 1.29 is 0 Å². The molecule has 6 nitrogen and oxygen atoms in total. The van der Waals surface area contributed by atoms with Crippen LogP contribution in [0.15, 0.2) is 67.4 Å². The maximum atomic E-state index is 4.26. The number of benzene rings is 2. The Balaban J connectivity index is 1.20. The Morgan fingerprint density at radius 3 is 2.83 bits per heavy atom. The van der Waals surface area contributed by atoms with Gasteiger partial charge in [0.1, 0.15) is 12.7 Å². The Hall–Kier alpha value is -2.96. The van der Waals surface area contributed by atoms with Gasteiger partial charge in [0, 0.05) is 42.8 Å². The second-order valence-corrected chi connectivity index (χ2v) is 10.5. The molecule has 2 aliphatic rings. The van der Waals surface area contributed by atoms with E-state index in [0.29, 0.717) is 6.04 Å². The van der Waals surface area contributed by atoms with Crippen LogP contribution in [0.25, 0.3) is 10.9 Å². The minimum Gasteiger partial charge on any atom is -0.361 e. The molecular formula is C29H36N6. The summed E-state index contributed by atoms with van der Waals surface area (Å²) in [5, 5.41) is 5.60. The van der Waals surface area contributed by atoms with Crippen LogP contribution < -0.4 is 0 Å². The summed E-state index contributed by atoms with van der Waals surface area (Å²) in [5.74, 6) is 0. The molecule has 4 aromatic rings. The number of rotatable bonds is 7. The van der Waals surface area contributed by atoms with Gasteiger partial charge in [-0.05, 0) is 67.9 Å². The lowest BCUT2D eigenvalue weighted by atomic mass is 9.91. The number of likely N-dealkylation sites (tertiary alicyclic amines) is 2. The third-order valence-corrected chi connectivity index (χ3v) is 8.36. The number of nitrogens with zero attached hydrogens (tertiary/aromatic N) is 5. The Morgan fingerprint density at radius 1 is 1.06 bits per heavy atom. The van der Waals surface area contributed by atoms with E-state index in [4.69, 9.17) is 0 Å². The van der Waals surface area contributed by atoms with Crippen LogP contribution in [0.5, 0.6) is 0 Å². The summed E-state index contributed by atoms with van der Waals surface area (Å²) >= 11 is 0. The summed E-state index contributed by atoms with van der Waals surface area (Å²) < 4.78 is 1.88. The SMILES string of the molecule is C[C@@]1(N2CCCC[C@@H]2c2ccccc2)CCCN1CCc1c[nH]c2ccc(Cn3cncn3)cc12. The van der Waals surface area contributed by atoms with Gasteiger partial charge in [0.2, 0.25) is 0 Å². The number of aromatic amines is 1. The van der Waals surface area contributed by atoms with E-state index in [1.54, 1.807) is 12.7 Å². The van der Waals surface area contributed by atoms with Gasteiger partial charge in [-0.15, -0.1) is 0 Å². The molecular weight excluding hydrogens is 432 g/mol. The van der Waals surface area contributed by atoms with Gasteiger partial charge in [0.15, 0.2) is 0 Å². The molecule has 182 valence electrons. The lowest BCUT2D eigenvalue weighted by Crippen LogP contribution is -2.58. The van der Waals surface area contributed by atoms with Crippen molar-refractivity contribution in [3.63, 3.8) is 0 Å². The largest absolute Gasteiger partial charge is 0.361 e. The average molecular weight is 469 g/mol. The van der Waals surface area contributed by atoms with E-state index in [2.05, 4.69) is 86.5 Å². The molecule has 2 atom stereocenters. The number of H-pyrrole nitrogens is 1. The zero-order valence-corrected chi connectivity index (χ0v) is 20.7. The molecule has 2 saturated heterocycles. The van der Waals surface area contributed by atoms with Gasteiger partial charge in [0.25, 0.3) is 0 Å². The van der Waals surface area contributed by atoms with E-state index < -0.39 is 0 Å². The van der Waals surface area contributed by atoms with E-state index in [1.165, 1.54) is 72.8 Å². The molecule has 6 rings (SSSR count). The lowest BCUT2D eigenvalue weighted by molar-refractivity contribution is -0.0606. The van der Waals surface area contributed by atoms with Crippen molar-refractivity contribution in [1.82, 2.24) is 29.5 Å². The Morgan fingerprint density at radius 2 is 1.97 bits per heavy atom. The minimum atomic E-state index is 0.130. The molecule has 2 aliphatic heterocycles. The maximum absolute atomic E-state index is 4.26. The van der Waals surface area contributed by atoms with Crippen LogP contribution in [-0.2, 0) is 13.0 Å². The number of aromatic nitrogens is 4. The molecule has 4 heterocycles. The summed E-state index contributed by atoms with van der Waals surface area (Å²) in [4.78, 5) is 13.2. The average Bonchev–Trinajstić information content (AvgIpc) is 3.64. The second kappa shape index (κ2) is 9.59. The van der Waals surface area contributed by atoms with Gasteiger partial charge in [-0.3, -0.25) is 9.80 Å². The smallest absolute Gasteiger partial charge is 0.137 e. The van der Waals surface area contributed by atoms with Crippen molar-refractivity contribution >= 4 is 10.9 Å². The monoisotopic (exact) mass is 468 g/mol. The summed E-state index contributed by atoms with van der Waals surface area (Å²) in [6, 6.07) is 18.4. The van der Waals surface area contributed by atoms with Gasteiger partial charge in [-0.1, -0.05) is 42.8 Å². The van der Waals surface area contributed by atoms with Gasteiger partial charge >= 0.3 is 0 Å². The third kappa shape index (κ3) is 4.41. The van der Waals surface area contributed by atoms with Crippen LogP contribution in [0.2, 0.25) is 0 Å². The molecule has 0 radical (unpaired) electrons. The molecule has 2 fully saturated rings. The predicted octanol–water partition coefficient (Wildman–Crippen LogP) is 5.39. The van der Waals surface area contributed by atoms with E-state index in [1.807, 2.05) is 4.68 Å². The highest BCUT2D eigenvalue weighted by atomic mass is 15.4. The zero-order valence-electron chi connectivity index (χ0n) is 20.7. The van der Waals surface area contributed by atoms with Gasteiger partial charge in [-0.25, -0.2) is 9.67 Å². The third-order valence-electron chi connectivity index (χ3n) is 8.36. The van der Waals surface area contributed by atoms with Crippen LogP contribution >= 0.6 is 0 Å². The minimum absolute atomic E-state index is 0.130. The fourth-order valence-electron chi connectivity index (χ4n) is 6.50. The topological polar surface area (TPSA) is 53.0 Å². The van der Waals surface area contributed by atoms with Crippen molar-refractivity contribution in [2.75, 3.05) is 19.6 Å². The normalized spacial score (nSPS) is 23.9. The highest BCUT2D eigenvalue weighted by molar-refractivity contribution is 5.83. The molecule has 0 unspecified atom stereocenters. The number of nitrogens with one attached hydrogen (secondary N) is 1. The molecule has 0 bridgehead atoms. The van der Waals surface area contributed by atoms with Crippen molar-refractivity contribution in [3.8, 4) is 0 Å². The maximum Gasteiger partial charge on any atom is 0.137 e. The molecule has 6 heteroatoms. The first-order valence-electron chi connectivity index (χ1n) is 13.2. The molecule has 0 spiro atoms. The fourth-order valence-corrected chi connectivity index (χ4v) is 6.50. The first-order chi connectivity index (χ1) is 17.2. The van der Waals surface area contributed by atoms with E-state index in [-0.39, 0.29) is 5.66 Å². The van der Waals surface area contributed by atoms with E-state index in [9.17, 15) is 0 Å². The molecule has 35 heavy (non-hydrogen) atoms. The standard InChI is InChI=1S/C29H36N6/c1-29(35-16-6-5-10-28(35)24-8-3-2-4-9-24)14-7-15-33(29)17-13-25-19-31-27-12-11-23(18-26(25)27)20-34-22-30-21-32-34/h2-4,8-9,11-12,18-19,21-22,28,31H,5-7,10,13-17,20H2,1H3/t28-,29-/m1/s1. The summed E-state index contributed by atoms with van der Waals surface area (Å²) in [6.07, 6.45) is 13.1. The summed E-state index contributed by atoms with van der Waals surface area (Å²) in [6.45, 7) is 6.74. The summed E-state index contributed by atoms with van der Waals surface area (Å²) in [5.41, 5.74) is 5.50. The zero-order chi connectivity index (χ0) is 23.7. The van der Waals surface area contributed by atoms with Crippen molar-refractivity contribution in [1.29, 1.82) is 0 Å². The second-order valence-electron chi connectivity index (χ2n) is 10.5. The quantitative estimate of drug-likeness (QED) is 0.395. The Kier molecular flexibility index (Phi) is 6.17. The summed E-state index contributed by atoms with van der Waals surface area (Å²) in [7, 11) is 0. The van der Waals surface area contributed by atoms with Gasteiger partial charge in [-0.2, -0.15) is 5.10 Å². The van der Waals surface area contributed by atoms with Crippen LogP contribution in [0.4, 0.5) is 0 Å². The van der Waals surface area contributed by atoms with Gasteiger partial charge in [0.05, 0.1) is 12.2 Å². The number of piperidine rings is 1. The predicted molar refractivity (Wildman–Crippen MR) is 140 cm³/mol. The van der Waals surface area contributed by atoms with E-state index in [0.717, 1.165) is 19.5 Å². The van der Waals surface area contributed by atoms with Crippen molar-refractivity contribution in [2.24, 2.45) is 0 Å². The number of hydrogen-bond donors (Lipinski definition) is 1. The van der Waals surface area contributed by atoms with Crippen molar-refractivity contribution in [2.45, 2.75) is 63.7 Å². The fraction of sp³-hybridized carbons (Fsp3) is 0.448. The Bertz CT molecular complexity index is 1250. The number of hydrogen-bond acceptors (Lipinski definition) is 4. The molecule has 0 saturated carbocycles. The molecule has 2 aromatic heterocycles. The highest BCUT2D eigenvalue weighted by Crippen LogP contribution is 2.42. The van der Waals surface area contributed by atoms with Crippen LogP contribution in [0.3, 0.4) is 0 Å². The molecule has 1 N–H and O–H groups in total. The Labute approximate surface area is 208 Å². The van der Waals surface area contributed by atoms with Crippen molar-refractivity contribution in [3.05, 3.63) is 84.1 Å². The first-order valence-corrected chi connectivity index (χ1v) is 13.2. The molecule has 0 aliphatic carbocycles. The van der Waals surface area contributed by atoms with Crippen LogP contribution in [0.1, 0.15) is 61.8 Å². The molecule has 2 aromatic carbocycles. The lowest BCUT2D eigenvalue weighted by Gasteiger charge is -2.51. The molecule has 0 amide bonds. The van der Waals surface area contributed by atoms with Gasteiger partial charge < -0.3 is 4.98 Å². The van der Waals surface area contributed by atoms with Crippen LogP contribution in [-0.4, -0.2) is 54.8 Å². The van der Waals surface area contributed by atoms with Crippen LogP contribution in [0, 0.1) is 0 Å². The highest BCUT2D eigenvalue weighted by Gasteiger charge is 2.45.